The van der Waals surface area contributed by atoms with Crippen LogP contribution in [0, 0.1) is 0 Å². The summed E-state index contributed by atoms with van der Waals surface area (Å²) in [7, 11) is 0. The van der Waals surface area contributed by atoms with Crippen molar-refractivity contribution in [3.8, 4) is 0 Å². The maximum Gasteiger partial charge on any atom is 0.300 e. The van der Waals surface area contributed by atoms with Crippen LogP contribution in [0.3, 0.4) is 0 Å². The summed E-state index contributed by atoms with van der Waals surface area (Å²) in [6.07, 6.45) is 2.97. The number of rotatable bonds is 2. The lowest BCUT2D eigenvalue weighted by Crippen LogP contribution is -1.78. The second-order valence-corrected chi connectivity index (χ2v) is 1.36. The van der Waals surface area contributed by atoms with E-state index in [0.29, 0.717) is 0 Å². The van der Waals surface area contributed by atoms with Crippen LogP contribution in [0.2, 0.25) is 0 Å². The Labute approximate surface area is 59.4 Å². The number of aliphatic hydroxyl groups is 2. The standard InChI is InChI=1S/C4H8O2.C2H4O2/c5-3-1-2-4-6;1-2(3)4/h1-2,5-6H,3-4H2;1H3,(H,3,4)/b2-1-;. The summed E-state index contributed by atoms with van der Waals surface area (Å²) in [5.41, 5.74) is 0. The second kappa shape index (κ2) is 11.0. The minimum absolute atomic E-state index is 0.0144. The first kappa shape index (κ1) is 11.9. The van der Waals surface area contributed by atoms with Crippen LogP contribution in [0.5, 0.6) is 0 Å². The SMILES string of the molecule is CC(=O)O.OC/C=C\CO. The molecule has 0 heterocycles. The van der Waals surface area contributed by atoms with Gasteiger partial charge < -0.3 is 15.3 Å². The first-order valence-electron chi connectivity index (χ1n) is 2.71. The van der Waals surface area contributed by atoms with Gasteiger partial charge in [0.15, 0.2) is 0 Å². The van der Waals surface area contributed by atoms with Gasteiger partial charge in [-0.3, -0.25) is 4.79 Å². The highest BCUT2D eigenvalue weighted by Crippen LogP contribution is 1.63. The van der Waals surface area contributed by atoms with Gasteiger partial charge in [-0.25, -0.2) is 0 Å². The Balaban J connectivity index is 0. The molecule has 0 aromatic rings. The molecule has 0 atom stereocenters. The fourth-order valence-corrected chi connectivity index (χ4v) is 0.149. The molecule has 0 aliphatic carbocycles. The lowest BCUT2D eigenvalue weighted by molar-refractivity contribution is -0.134. The highest BCUT2D eigenvalue weighted by atomic mass is 16.4. The van der Waals surface area contributed by atoms with Gasteiger partial charge in [0.1, 0.15) is 0 Å². The van der Waals surface area contributed by atoms with Gasteiger partial charge in [-0.1, -0.05) is 12.2 Å². The summed E-state index contributed by atoms with van der Waals surface area (Å²) in [5.74, 6) is -0.833. The Kier molecular flexibility index (Phi) is 13.1. The zero-order valence-corrected chi connectivity index (χ0v) is 5.82. The lowest BCUT2D eigenvalue weighted by Gasteiger charge is -1.73. The average Bonchev–Trinajstić information content (AvgIpc) is 1.82. The van der Waals surface area contributed by atoms with Crippen LogP contribution < -0.4 is 0 Å². The van der Waals surface area contributed by atoms with E-state index in [4.69, 9.17) is 20.1 Å². The summed E-state index contributed by atoms with van der Waals surface area (Å²) in [6, 6.07) is 0. The minimum Gasteiger partial charge on any atom is -0.481 e. The predicted octanol–water partition coefficient (Wildman–Crippen LogP) is -0.382. The summed E-state index contributed by atoms with van der Waals surface area (Å²) < 4.78 is 0. The normalized spacial score (nSPS) is 8.70. The van der Waals surface area contributed by atoms with Gasteiger partial charge >= 0.3 is 0 Å². The fraction of sp³-hybridized carbons (Fsp3) is 0.500. The van der Waals surface area contributed by atoms with Crippen molar-refractivity contribution < 1.29 is 20.1 Å². The summed E-state index contributed by atoms with van der Waals surface area (Å²) in [6.45, 7) is 1.11. The Morgan fingerprint density at radius 3 is 1.60 bits per heavy atom. The Morgan fingerprint density at radius 1 is 1.30 bits per heavy atom. The lowest BCUT2D eigenvalue weighted by atomic mass is 10.5. The molecule has 0 bridgehead atoms. The Morgan fingerprint density at radius 2 is 1.50 bits per heavy atom. The van der Waals surface area contributed by atoms with E-state index in [1.807, 2.05) is 0 Å². The van der Waals surface area contributed by atoms with Gasteiger partial charge in [0.25, 0.3) is 5.97 Å². The smallest absolute Gasteiger partial charge is 0.300 e. The van der Waals surface area contributed by atoms with Crippen LogP contribution in [0.1, 0.15) is 6.92 Å². The third-order valence-corrected chi connectivity index (χ3v) is 0.377. The molecule has 4 nitrogen and oxygen atoms in total. The summed E-state index contributed by atoms with van der Waals surface area (Å²) in [5, 5.41) is 23.4. The quantitative estimate of drug-likeness (QED) is 0.466. The van der Waals surface area contributed by atoms with Crippen LogP contribution in [0.25, 0.3) is 0 Å². The van der Waals surface area contributed by atoms with Crippen molar-refractivity contribution in [2.24, 2.45) is 0 Å². The van der Waals surface area contributed by atoms with Crippen LogP contribution in [0.4, 0.5) is 0 Å². The number of aliphatic hydroxyl groups excluding tert-OH is 2. The zero-order valence-electron chi connectivity index (χ0n) is 5.82. The van der Waals surface area contributed by atoms with Crippen LogP contribution in [0.15, 0.2) is 12.2 Å². The number of hydrogen-bond acceptors (Lipinski definition) is 3. The number of carboxylic acid groups (broad SMARTS) is 1. The molecule has 0 rings (SSSR count). The molecule has 60 valence electrons. The van der Waals surface area contributed by atoms with E-state index in [-0.39, 0.29) is 13.2 Å². The second-order valence-electron chi connectivity index (χ2n) is 1.36. The van der Waals surface area contributed by atoms with Crippen molar-refractivity contribution in [3.63, 3.8) is 0 Å². The molecule has 0 aromatic heterocycles. The average molecular weight is 148 g/mol. The van der Waals surface area contributed by atoms with E-state index < -0.39 is 5.97 Å². The number of aliphatic carboxylic acids is 1. The fourth-order valence-electron chi connectivity index (χ4n) is 0.149. The molecule has 0 saturated heterocycles. The molecule has 0 aliphatic rings. The van der Waals surface area contributed by atoms with E-state index >= 15 is 0 Å². The molecule has 0 aliphatic heterocycles. The maximum absolute atomic E-state index is 9.00. The van der Waals surface area contributed by atoms with Crippen molar-refractivity contribution in [2.75, 3.05) is 13.2 Å². The van der Waals surface area contributed by atoms with Gasteiger partial charge in [0.2, 0.25) is 0 Å². The molecular weight excluding hydrogens is 136 g/mol. The Hall–Kier alpha value is -0.870. The first-order chi connectivity index (χ1) is 4.65. The maximum atomic E-state index is 9.00. The van der Waals surface area contributed by atoms with Gasteiger partial charge in [-0.2, -0.15) is 0 Å². The molecular formula is C6H12O4. The molecule has 0 aromatic carbocycles. The minimum atomic E-state index is -0.833. The van der Waals surface area contributed by atoms with E-state index in [9.17, 15) is 0 Å². The van der Waals surface area contributed by atoms with Gasteiger partial charge in [0, 0.05) is 6.92 Å². The highest BCUT2D eigenvalue weighted by molar-refractivity contribution is 5.62. The van der Waals surface area contributed by atoms with Crippen molar-refractivity contribution in [1.29, 1.82) is 0 Å². The van der Waals surface area contributed by atoms with E-state index in [1.54, 1.807) is 0 Å². The number of carboxylic acids is 1. The summed E-state index contributed by atoms with van der Waals surface area (Å²) >= 11 is 0. The number of hydrogen-bond donors (Lipinski definition) is 3. The van der Waals surface area contributed by atoms with Crippen LogP contribution in [-0.4, -0.2) is 34.5 Å². The third kappa shape index (κ3) is 59.1. The van der Waals surface area contributed by atoms with Crippen molar-refractivity contribution in [1.82, 2.24) is 0 Å². The molecule has 4 heteroatoms. The van der Waals surface area contributed by atoms with Crippen molar-refractivity contribution in [3.05, 3.63) is 12.2 Å². The van der Waals surface area contributed by atoms with Crippen molar-refractivity contribution in [2.45, 2.75) is 6.92 Å². The van der Waals surface area contributed by atoms with Crippen LogP contribution in [-0.2, 0) is 4.79 Å². The Bertz CT molecular complexity index is 87.9. The molecule has 0 spiro atoms. The molecule has 3 N–H and O–H groups in total. The van der Waals surface area contributed by atoms with E-state index in [0.717, 1.165) is 6.92 Å². The van der Waals surface area contributed by atoms with Gasteiger partial charge in [0.05, 0.1) is 13.2 Å². The third-order valence-electron chi connectivity index (χ3n) is 0.377. The number of carbonyl (C=O) groups is 1. The van der Waals surface area contributed by atoms with Crippen molar-refractivity contribution >= 4 is 5.97 Å². The molecule has 10 heavy (non-hydrogen) atoms. The van der Waals surface area contributed by atoms with E-state index in [1.165, 1.54) is 12.2 Å². The first-order valence-corrected chi connectivity index (χ1v) is 2.71. The largest absolute Gasteiger partial charge is 0.481 e. The summed E-state index contributed by atoms with van der Waals surface area (Å²) in [4.78, 5) is 9.00. The predicted molar refractivity (Wildman–Crippen MR) is 36.6 cm³/mol. The molecule has 0 radical (unpaired) electrons. The van der Waals surface area contributed by atoms with Gasteiger partial charge in [-0.15, -0.1) is 0 Å². The van der Waals surface area contributed by atoms with E-state index in [2.05, 4.69) is 0 Å². The van der Waals surface area contributed by atoms with Gasteiger partial charge in [-0.05, 0) is 0 Å². The highest BCUT2D eigenvalue weighted by Gasteiger charge is 1.65. The molecule has 0 amide bonds. The zero-order chi connectivity index (χ0) is 8.41. The topological polar surface area (TPSA) is 77.8 Å². The monoisotopic (exact) mass is 148 g/mol. The molecule has 0 fully saturated rings. The van der Waals surface area contributed by atoms with Crippen LogP contribution >= 0.6 is 0 Å². The molecule has 0 saturated carbocycles. The molecule has 0 unspecified atom stereocenters.